The lowest BCUT2D eigenvalue weighted by Crippen LogP contribution is -2.61. The van der Waals surface area contributed by atoms with Gasteiger partial charge in [0.15, 0.2) is 17.7 Å². The van der Waals surface area contributed by atoms with Crippen LogP contribution in [0.4, 0.5) is 0 Å². The van der Waals surface area contributed by atoms with Crippen molar-refractivity contribution in [3.05, 3.63) is 11.8 Å². The minimum atomic E-state index is -2.36. The van der Waals surface area contributed by atoms with Crippen LogP contribution in [0.25, 0.3) is 0 Å². The lowest BCUT2D eigenvalue weighted by Gasteiger charge is -2.44. The van der Waals surface area contributed by atoms with Crippen LogP contribution in [-0.2, 0) is 28.5 Å². The molecule has 0 unspecified atom stereocenters. The van der Waals surface area contributed by atoms with E-state index in [0.717, 1.165) is 13.4 Å². The number of methoxy groups -OCH3 is 1. The molecule has 0 radical (unpaired) electrons. The van der Waals surface area contributed by atoms with Gasteiger partial charge in [-0.25, -0.2) is 4.79 Å². The fourth-order valence-electron chi connectivity index (χ4n) is 4.03. The molecule has 2 aliphatic heterocycles. The monoisotopic (exact) mass is 420 g/mol. The Morgan fingerprint density at radius 1 is 1.17 bits per heavy atom. The summed E-state index contributed by atoms with van der Waals surface area (Å²) in [6.07, 6.45) is -8.88. The van der Waals surface area contributed by atoms with E-state index in [1.54, 1.807) is 0 Å². The second-order valence-electron chi connectivity index (χ2n) is 7.22. The number of aliphatic hydroxyl groups is 6. The van der Waals surface area contributed by atoms with Gasteiger partial charge in [0, 0.05) is 18.9 Å². The van der Waals surface area contributed by atoms with Gasteiger partial charge in [0.25, 0.3) is 0 Å². The molecule has 0 amide bonds. The number of esters is 1. The number of Topliss-reactive ketones (excluding diaryl/α,β-unsaturated/α-hetero) is 1. The van der Waals surface area contributed by atoms with Crippen molar-refractivity contribution in [3.63, 3.8) is 0 Å². The normalized spacial score (nSPS) is 44.7. The Morgan fingerprint density at radius 3 is 2.45 bits per heavy atom. The molecule has 1 saturated carbocycles. The fraction of sp³-hybridized carbons (Fsp3) is 0.765. The van der Waals surface area contributed by atoms with Gasteiger partial charge in [-0.1, -0.05) is 0 Å². The van der Waals surface area contributed by atoms with E-state index in [0.29, 0.717) is 0 Å². The van der Waals surface area contributed by atoms with Crippen LogP contribution in [-0.4, -0.2) is 105 Å². The van der Waals surface area contributed by atoms with Gasteiger partial charge in [-0.2, -0.15) is 0 Å². The molecule has 3 rings (SSSR count). The molecule has 0 bridgehead atoms. The van der Waals surface area contributed by atoms with Crippen molar-refractivity contribution in [1.82, 2.24) is 0 Å². The van der Waals surface area contributed by atoms with Gasteiger partial charge >= 0.3 is 5.97 Å². The average Bonchev–Trinajstić information content (AvgIpc) is 2.99. The predicted molar refractivity (Wildman–Crippen MR) is 88.5 cm³/mol. The predicted octanol–water partition coefficient (Wildman–Crippen LogP) is -3.86. The number of hydrogen-bond acceptors (Lipinski definition) is 12. The lowest BCUT2D eigenvalue weighted by atomic mass is 9.78. The molecule has 1 saturated heterocycles. The smallest absolute Gasteiger partial charge is 0.340 e. The van der Waals surface area contributed by atoms with Gasteiger partial charge in [-0.05, 0) is 0 Å². The summed E-state index contributed by atoms with van der Waals surface area (Å²) >= 11 is 0. The zero-order valence-corrected chi connectivity index (χ0v) is 15.5. The molecular formula is C17H24O12. The summed E-state index contributed by atoms with van der Waals surface area (Å²) in [5, 5.41) is 59.9. The van der Waals surface area contributed by atoms with Crippen molar-refractivity contribution < 1.29 is 59.2 Å². The highest BCUT2D eigenvalue weighted by Gasteiger charge is 2.64. The molecule has 29 heavy (non-hydrogen) atoms. The summed E-state index contributed by atoms with van der Waals surface area (Å²) in [6.45, 7) is -1.22. The molecule has 164 valence electrons. The number of hydrogen-bond donors (Lipinski definition) is 6. The summed E-state index contributed by atoms with van der Waals surface area (Å²) in [4.78, 5) is 24.5. The van der Waals surface area contributed by atoms with E-state index in [9.17, 15) is 40.2 Å². The largest absolute Gasteiger partial charge is 0.471 e. The topological polar surface area (TPSA) is 192 Å². The van der Waals surface area contributed by atoms with Gasteiger partial charge in [-0.3, -0.25) is 4.79 Å². The first-order chi connectivity index (χ1) is 13.7. The van der Waals surface area contributed by atoms with Crippen molar-refractivity contribution >= 4 is 11.8 Å². The highest BCUT2D eigenvalue weighted by Crippen LogP contribution is 2.48. The maximum absolute atomic E-state index is 12.5. The Morgan fingerprint density at radius 2 is 1.86 bits per heavy atom. The molecule has 0 aromatic carbocycles. The van der Waals surface area contributed by atoms with Crippen molar-refractivity contribution in [3.8, 4) is 0 Å². The third-order valence-electron chi connectivity index (χ3n) is 5.64. The average molecular weight is 420 g/mol. The first-order valence-electron chi connectivity index (χ1n) is 8.97. The second kappa shape index (κ2) is 8.24. The van der Waals surface area contributed by atoms with Crippen molar-refractivity contribution in [2.75, 3.05) is 20.3 Å². The van der Waals surface area contributed by atoms with Gasteiger partial charge in [0.2, 0.25) is 6.29 Å². The Kier molecular flexibility index (Phi) is 6.27. The molecule has 0 aromatic heterocycles. The maximum Gasteiger partial charge on any atom is 0.340 e. The number of carbonyl (C=O) groups is 2. The van der Waals surface area contributed by atoms with E-state index in [1.165, 1.54) is 0 Å². The SMILES string of the molecule is COC(=O)C1=CO[C@@H](O[C@@H]2O[C@H](CO)[C@@H](O)[C@H](O)[C@H]2O)[C@@H]2[C@@H](CO)CC(=O)[C@]12O. The Bertz CT molecular complexity index is 677. The van der Waals surface area contributed by atoms with E-state index in [4.69, 9.17) is 14.2 Å². The fourth-order valence-corrected chi connectivity index (χ4v) is 4.03. The van der Waals surface area contributed by atoms with Crippen LogP contribution in [0.2, 0.25) is 0 Å². The number of ketones is 1. The third kappa shape index (κ3) is 3.45. The highest BCUT2D eigenvalue weighted by molar-refractivity contribution is 6.04. The summed E-state index contributed by atoms with van der Waals surface area (Å²) in [6, 6.07) is 0. The first-order valence-corrected chi connectivity index (χ1v) is 8.97. The van der Waals surface area contributed by atoms with E-state index in [2.05, 4.69) is 4.74 Å². The minimum absolute atomic E-state index is 0.274. The van der Waals surface area contributed by atoms with Gasteiger partial charge in [-0.15, -0.1) is 0 Å². The van der Waals surface area contributed by atoms with E-state index < -0.39 is 85.0 Å². The summed E-state index contributed by atoms with van der Waals surface area (Å²) in [5.41, 5.74) is -2.82. The number of fused-ring (bicyclic) bond motifs is 1. The van der Waals surface area contributed by atoms with Crippen LogP contribution >= 0.6 is 0 Å². The van der Waals surface area contributed by atoms with Crippen LogP contribution in [0.1, 0.15) is 6.42 Å². The van der Waals surface area contributed by atoms with E-state index >= 15 is 0 Å². The number of carbonyl (C=O) groups excluding carboxylic acids is 2. The molecule has 0 aromatic rings. The number of ether oxygens (including phenoxy) is 4. The highest BCUT2D eigenvalue weighted by atomic mass is 16.8. The first kappa shape index (κ1) is 22.1. The van der Waals surface area contributed by atoms with Crippen LogP contribution in [0, 0.1) is 11.8 Å². The molecule has 12 nitrogen and oxygen atoms in total. The van der Waals surface area contributed by atoms with Crippen LogP contribution in [0.5, 0.6) is 0 Å². The van der Waals surface area contributed by atoms with Crippen molar-refractivity contribution in [1.29, 1.82) is 0 Å². The molecule has 3 aliphatic rings. The molecule has 2 heterocycles. The van der Waals surface area contributed by atoms with Gasteiger partial charge < -0.3 is 49.6 Å². The Hall–Kier alpha value is -1.64. The van der Waals surface area contributed by atoms with E-state index in [1.807, 2.05) is 0 Å². The molecule has 6 N–H and O–H groups in total. The molecule has 2 fully saturated rings. The zero-order chi connectivity index (χ0) is 21.5. The molecular weight excluding hydrogens is 396 g/mol. The van der Waals surface area contributed by atoms with Crippen molar-refractivity contribution in [2.45, 2.75) is 49.0 Å². The van der Waals surface area contributed by atoms with Crippen LogP contribution in [0.3, 0.4) is 0 Å². The summed E-state index contributed by atoms with van der Waals surface area (Å²) in [7, 11) is 1.06. The van der Waals surface area contributed by atoms with Gasteiger partial charge in [0.1, 0.15) is 36.3 Å². The summed E-state index contributed by atoms with van der Waals surface area (Å²) < 4.78 is 20.7. The minimum Gasteiger partial charge on any atom is -0.471 e. The molecule has 0 spiro atoms. The number of rotatable bonds is 5. The van der Waals surface area contributed by atoms with Crippen LogP contribution in [0.15, 0.2) is 11.8 Å². The lowest BCUT2D eigenvalue weighted by molar-refractivity contribution is -0.346. The molecule has 9 atom stereocenters. The maximum atomic E-state index is 12.5. The molecule has 12 heteroatoms. The van der Waals surface area contributed by atoms with Crippen LogP contribution < -0.4 is 0 Å². The Balaban J connectivity index is 1.91. The standard InChI is InChI=1S/C17H24O12/c1-26-14(24)7-5-27-15(10-6(3-18)2-9(20)17(7,10)25)29-16-13(23)12(22)11(21)8(4-19)28-16/h5-6,8,10-13,15-16,18-19,21-23,25H,2-4H2,1H3/t6-,8-,10+,11-,12+,13-,15+,16+,17-/m1/s1. The zero-order valence-electron chi connectivity index (χ0n) is 15.5. The third-order valence-corrected chi connectivity index (χ3v) is 5.64. The number of aliphatic hydroxyl groups excluding tert-OH is 5. The second-order valence-corrected chi connectivity index (χ2v) is 7.22. The van der Waals surface area contributed by atoms with Gasteiger partial charge in [0.05, 0.1) is 19.6 Å². The van der Waals surface area contributed by atoms with E-state index in [-0.39, 0.29) is 6.42 Å². The van der Waals surface area contributed by atoms with Crippen molar-refractivity contribution in [2.24, 2.45) is 11.8 Å². The molecule has 1 aliphatic carbocycles. The quantitative estimate of drug-likeness (QED) is 0.238. The Labute approximate surface area is 164 Å². The summed E-state index contributed by atoms with van der Waals surface area (Å²) in [5.74, 6) is -3.86.